The molecule has 1 heterocycles. The number of nitrogens with zero attached hydrogens (tertiary/aromatic N) is 2. The van der Waals surface area contributed by atoms with E-state index >= 15 is 0 Å². The van der Waals surface area contributed by atoms with Crippen LogP contribution in [0.4, 0.5) is 10.5 Å². The molecule has 1 aliphatic carbocycles. The number of hydrogen-bond acceptors (Lipinski definition) is 3. The zero-order chi connectivity index (χ0) is 16.9. The molecule has 0 bridgehead atoms. The standard InChI is InChI=1S/C19H29N3O2/c1-21(10-3-13-23)18-8-11-22(12-9-18)19(24)20-17-7-6-15-4-2-5-16(15)14-17/h6-7,14,18,23H,2-5,8-13H2,1H3,(H,20,24). The minimum absolute atomic E-state index is 0.0180. The van der Waals surface area contributed by atoms with Crippen molar-refractivity contribution >= 4 is 11.7 Å². The van der Waals surface area contributed by atoms with Crippen LogP contribution in [0.3, 0.4) is 0 Å². The van der Waals surface area contributed by atoms with Gasteiger partial charge >= 0.3 is 6.03 Å². The van der Waals surface area contributed by atoms with Gasteiger partial charge in [-0.2, -0.15) is 0 Å². The highest BCUT2D eigenvalue weighted by Crippen LogP contribution is 2.25. The molecule has 0 spiro atoms. The number of carbonyl (C=O) groups is 1. The Balaban J connectivity index is 1.48. The maximum Gasteiger partial charge on any atom is 0.321 e. The molecule has 1 saturated heterocycles. The van der Waals surface area contributed by atoms with Crippen molar-refractivity contribution in [3.63, 3.8) is 0 Å². The van der Waals surface area contributed by atoms with Crippen molar-refractivity contribution in [3.8, 4) is 0 Å². The van der Waals surface area contributed by atoms with Gasteiger partial charge in [0.2, 0.25) is 0 Å². The predicted octanol–water partition coefficient (Wildman–Crippen LogP) is 2.49. The van der Waals surface area contributed by atoms with Gasteiger partial charge in [0.25, 0.3) is 0 Å². The summed E-state index contributed by atoms with van der Waals surface area (Å²) < 4.78 is 0. The molecule has 1 aliphatic heterocycles. The molecule has 5 nitrogen and oxygen atoms in total. The van der Waals surface area contributed by atoms with E-state index in [2.05, 4.69) is 29.4 Å². The van der Waals surface area contributed by atoms with Crippen LogP contribution in [0.25, 0.3) is 0 Å². The fourth-order valence-corrected chi connectivity index (χ4v) is 3.86. The van der Waals surface area contributed by atoms with Crippen LogP contribution in [-0.4, -0.2) is 60.3 Å². The number of nitrogens with one attached hydrogen (secondary N) is 1. The van der Waals surface area contributed by atoms with Gasteiger partial charge in [0.05, 0.1) is 0 Å². The molecule has 2 amide bonds. The van der Waals surface area contributed by atoms with E-state index in [0.717, 1.165) is 51.0 Å². The first-order chi connectivity index (χ1) is 11.7. The lowest BCUT2D eigenvalue weighted by Crippen LogP contribution is -2.47. The summed E-state index contributed by atoms with van der Waals surface area (Å²) in [5.41, 5.74) is 3.74. The highest BCUT2D eigenvalue weighted by atomic mass is 16.3. The Kier molecular flexibility index (Phi) is 5.74. The van der Waals surface area contributed by atoms with Gasteiger partial charge in [-0.05, 0) is 68.8 Å². The second-order valence-electron chi connectivity index (χ2n) is 7.04. The number of hydrogen-bond donors (Lipinski definition) is 2. The molecule has 3 rings (SSSR count). The number of aliphatic hydroxyl groups excluding tert-OH is 1. The maximum atomic E-state index is 12.5. The number of likely N-dealkylation sites (tertiary alicyclic amines) is 1. The minimum Gasteiger partial charge on any atom is -0.396 e. The van der Waals surface area contributed by atoms with E-state index in [9.17, 15) is 4.79 Å². The van der Waals surface area contributed by atoms with Crippen molar-refractivity contribution in [2.75, 3.05) is 38.6 Å². The van der Waals surface area contributed by atoms with Gasteiger partial charge in [-0.3, -0.25) is 0 Å². The lowest BCUT2D eigenvalue weighted by atomic mass is 10.0. The van der Waals surface area contributed by atoms with Gasteiger partial charge in [0.15, 0.2) is 0 Å². The van der Waals surface area contributed by atoms with E-state index in [1.54, 1.807) is 0 Å². The van der Waals surface area contributed by atoms with Crippen molar-refractivity contribution in [2.45, 2.75) is 44.6 Å². The molecular formula is C19H29N3O2. The molecule has 132 valence electrons. The van der Waals surface area contributed by atoms with E-state index < -0.39 is 0 Å². The molecule has 0 aromatic heterocycles. The van der Waals surface area contributed by atoms with Crippen molar-refractivity contribution in [3.05, 3.63) is 29.3 Å². The molecular weight excluding hydrogens is 302 g/mol. The Hall–Kier alpha value is -1.59. The third kappa shape index (κ3) is 4.08. The van der Waals surface area contributed by atoms with Crippen LogP contribution in [0.2, 0.25) is 0 Å². The Morgan fingerprint density at radius 3 is 2.79 bits per heavy atom. The van der Waals surface area contributed by atoms with Crippen LogP contribution in [0, 0.1) is 0 Å². The van der Waals surface area contributed by atoms with Crippen LogP contribution in [0.1, 0.15) is 36.8 Å². The third-order valence-corrected chi connectivity index (χ3v) is 5.39. The molecule has 0 unspecified atom stereocenters. The van der Waals surface area contributed by atoms with Crippen LogP contribution < -0.4 is 5.32 Å². The molecule has 5 heteroatoms. The summed E-state index contributed by atoms with van der Waals surface area (Å²) in [6.07, 6.45) is 6.34. The fraction of sp³-hybridized carbons (Fsp3) is 0.632. The van der Waals surface area contributed by atoms with Gasteiger partial charge in [0, 0.05) is 38.0 Å². The Morgan fingerprint density at radius 2 is 2.04 bits per heavy atom. The van der Waals surface area contributed by atoms with Gasteiger partial charge in [-0.15, -0.1) is 0 Å². The zero-order valence-electron chi connectivity index (χ0n) is 14.6. The van der Waals surface area contributed by atoms with Crippen molar-refractivity contribution in [1.82, 2.24) is 9.80 Å². The lowest BCUT2D eigenvalue weighted by molar-refractivity contribution is 0.134. The highest BCUT2D eigenvalue weighted by molar-refractivity contribution is 5.89. The summed E-state index contributed by atoms with van der Waals surface area (Å²) in [6.45, 7) is 2.75. The van der Waals surface area contributed by atoms with E-state index in [-0.39, 0.29) is 12.6 Å². The first kappa shape index (κ1) is 17.2. The number of rotatable bonds is 5. The predicted molar refractivity (Wildman–Crippen MR) is 96.4 cm³/mol. The topological polar surface area (TPSA) is 55.8 Å². The number of fused-ring (bicyclic) bond motifs is 1. The average molecular weight is 331 g/mol. The monoisotopic (exact) mass is 331 g/mol. The molecule has 0 saturated carbocycles. The van der Waals surface area contributed by atoms with E-state index in [1.807, 2.05) is 11.0 Å². The summed E-state index contributed by atoms with van der Waals surface area (Å²) in [7, 11) is 2.11. The van der Waals surface area contributed by atoms with Gasteiger partial charge < -0.3 is 20.2 Å². The second-order valence-corrected chi connectivity index (χ2v) is 7.04. The molecule has 2 N–H and O–H groups in total. The quantitative estimate of drug-likeness (QED) is 0.871. The largest absolute Gasteiger partial charge is 0.396 e. The smallest absolute Gasteiger partial charge is 0.321 e. The zero-order valence-corrected chi connectivity index (χ0v) is 14.6. The number of aryl methyl sites for hydroxylation is 2. The Bertz CT molecular complexity index is 568. The van der Waals surface area contributed by atoms with Crippen molar-refractivity contribution in [2.24, 2.45) is 0 Å². The third-order valence-electron chi connectivity index (χ3n) is 5.39. The van der Waals surface area contributed by atoms with E-state index in [0.29, 0.717) is 6.04 Å². The first-order valence-corrected chi connectivity index (χ1v) is 9.16. The number of piperidine rings is 1. The fourth-order valence-electron chi connectivity index (χ4n) is 3.86. The first-order valence-electron chi connectivity index (χ1n) is 9.16. The number of benzene rings is 1. The van der Waals surface area contributed by atoms with Gasteiger partial charge in [0.1, 0.15) is 0 Å². The summed E-state index contributed by atoms with van der Waals surface area (Å²) >= 11 is 0. The summed E-state index contributed by atoms with van der Waals surface area (Å²) in [5.74, 6) is 0. The average Bonchev–Trinajstić information content (AvgIpc) is 3.07. The molecule has 1 aromatic rings. The Labute approximate surface area is 144 Å². The lowest BCUT2D eigenvalue weighted by Gasteiger charge is -2.36. The molecule has 1 aromatic carbocycles. The summed E-state index contributed by atoms with van der Waals surface area (Å²) in [4.78, 5) is 16.7. The maximum absolute atomic E-state index is 12.5. The highest BCUT2D eigenvalue weighted by Gasteiger charge is 2.25. The summed E-state index contributed by atoms with van der Waals surface area (Å²) in [5, 5.41) is 12.0. The minimum atomic E-state index is 0.0180. The molecule has 1 fully saturated rings. The molecule has 0 atom stereocenters. The van der Waals surface area contributed by atoms with Crippen molar-refractivity contribution < 1.29 is 9.90 Å². The van der Waals surface area contributed by atoms with Crippen LogP contribution in [-0.2, 0) is 12.8 Å². The summed E-state index contributed by atoms with van der Waals surface area (Å²) in [6, 6.07) is 6.85. The van der Waals surface area contributed by atoms with Gasteiger partial charge in [-0.1, -0.05) is 6.07 Å². The Morgan fingerprint density at radius 1 is 1.29 bits per heavy atom. The number of urea groups is 1. The number of aliphatic hydroxyl groups is 1. The molecule has 24 heavy (non-hydrogen) atoms. The van der Waals surface area contributed by atoms with Crippen LogP contribution in [0.15, 0.2) is 18.2 Å². The number of anilines is 1. The molecule has 2 aliphatic rings. The number of carbonyl (C=O) groups excluding carboxylic acids is 1. The normalized spacial score (nSPS) is 18.0. The van der Waals surface area contributed by atoms with Gasteiger partial charge in [-0.25, -0.2) is 4.79 Å². The molecule has 0 radical (unpaired) electrons. The van der Waals surface area contributed by atoms with E-state index in [4.69, 9.17) is 5.11 Å². The van der Waals surface area contributed by atoms with Crippen molar-refractivity contribution in [1.29, 1.82) is 0 Å². The second kappa shape index (κ2) is 7.99. The van der Waals surface area contributed by atoms with E-state index in [1.165, 1.54) is 24.0 Å². The SMILES string of the molecule is CN(CCCO)C1CCN(C(=O)Nc2ccc3c(c2)CCC3)CC1. The van der Waals surface area contributed by atoms with Crippen LogP contribution in [0.5, 0.6) is 0 Å². The number of amides is 2. The van der Waals surface area contributed by atoms with Crippen LogP contribution >= 0.6 is 0 Å².